The lowest BCUT2D eigenvalue weighted by Crippen LogP contribution is -2.61. The van der Waals surface area contributed by atoms with E-state index < -0.39 is 0 Å². The Morgan fingerprint density at radius 2 is 0.649 bits per heavy atom. The molecule has 2 aliphatic rings. The van der Waals surface area contributed by atoms with E-state index in [1.54, 1.807) is 0 Å². The summed E-state index contributed by atoms with van der Waals surface area (Å²) in [5.41, 5.74) is 18.6. The average Bonchev–Trinajstić information content (AvgIpc) is 3.49. The van der Waals surface area contributed by atoms with Crippen molar-refractivity contribution in [1.82, 2.24) is 0 Å². The van der Waals surface area contributed by atoms with E-state index in [2.05, 4.69) is 294 Å². The molecule has 0 saturated heterocycles. The molecule has 0 amide bonds. The summed E-state index contributed by atoms with van der Waals surface area (Å²) >= 11 is 0. The molecule has 2 heterocycles. The van der Waals surface area contributed by atoms with Crippen LogP contribution < -0.4 is 31.1 Å². The molecule has 74 heavy (non-hydrogen) atoms. The van der Waals surface area contributed by atoms with Crippen LogP contribution in [-0.4, -0.2) is 6.71 Å². The highest BCUT2D eigenvalue weighted by atomic mass is 15.2. The van der Waals surface area contributed by atoms with Crippen molar-refractivity contribution in [2.45, 2.75) is 0 Å². The topological polar surface area (TPSA) is 9.72 Å². The number of hydrogen-bond acceptors (Lipinski definition) is 3. The molecule has 2 aliphatic heterocycles. The van der Waals surface area contributed by atoms with E-state index in [1.807, 2.05) is 0 Å². The molecule has 0 aliphatic carbocycles. The third-order valence-electron chi connectivity index (χ3n) is 15.6. The number of nitrogens with zero attached hydrogens (tertiary/aromatic N) is 3. The zero-order valence-electron chi connectivity index (χ0n) is 40.5. The first-order valence-corrected chi connectivity index (χ1v) is 25.6. The summed E-state index contributed by atoms with van der Waals surface area (Å²) in [5, 5.41) is 9.63. The minimum absolute atomic E-state index is 0.104. The van der Waals surface area contributed by atoms with E-state index in [1.165, 1.54) is 70.9 Å². The Kier molecular flexibility index (Phi) is 9.67. The standard InChI is InChI=1S/C70H46BN3/c1-3-21-47(22-4-1)54-33-15-17-37-62(54)72(63-38-18-16-34-55(63)48-23-5-2-6-24-48)53-45-66-68-67(46-53)74(65-40-20-30-50-26-8-12-32-57(50)65)70-59-36-14-10-28-52(59)42-44-61(70)71(68)60-43-41-51-27-9-13-35-58(51)69(60)73(66)64-39-19-29-49-25-7-11-31-56(49)64/h1-46H. The lowest BCUT2D eigenvalue weighted by atomic mass is 9.33. The van der Waals surface area contributed by atoms with E-state index in [0.29, 0.717) is 0 Å². The minimum atomic E-state index is -0.104. The van der Waals surface area contributed by atoms with Gasteiger partial charge >= 0.3 is 0 Å². The first kappa shape index (κ1) is 42.1. The van der Waals surface area contributed by atoms with E-state index in [-0.39, 0.29) is 6.71 Å². The maximum Gasteiger partial charge on any atom is 0.252 e. The van der Waals surface area contributed by atoms with Crippen molar-refractivity contribution in [3.8, 4) is 22.3 Å². The van der Waals surface area contributed by atoms with Crippen LogP contribution in [0.25, 0.3) is 65.3 Å². The molecule has 15 rings (SSSR count). The van der Waals surface area contributed by atoms with Gasteiger partial charge in [-0.1, -0.05) is 243 Å². The van der Waals surface area contributed by atoms with Crippen molar-refractivity contribution in [3.63, 3.8) is 0 Å². The SMILES string of the molecule is c1ccc(-c2ccccc2N(c2cc3c4c(c2)N(c2cccc5ccccc25)c2c(ccc5ccccc25)B4c2ccc4ccccc4c2N3c2cccc3ccccc23)c2ccccc2-c2ccccc2)cc1. The first-order valence-electron chi connectivity index (χ1n) is 25.6. The second-order valence-corrected chi connectivity index (χ2v) is 19.5. The smallest absolute Gasteiger partial charge is 0.252 e. The Morgan fingerprint density at radius 3 is 1.11 bits per heavy atom. The van der Waals surface area contributed by atoms with E-state index in [4.69, 9.17) is 0 Å². The van der Waals surface area contributed by atoms with Crippen LogP contribution in [0.15, 0.2) is 279 Å². The van der Waals surface area contributed by atoms with Gasteiger partial charge in [0.1, 0.15) is 0 Å². The monoisotopic (exact) mass is 939 g/mol. The van der Waals surface area contributed by atoms with Gasteiger partial charge in [-0.2, -0.15) is 0 Å². The van der Waals surface area contributed by atoms with Gasteiger partial charge in [-0.05, 0) is 85.5 Å². The third-order valence-corrected chi connectivity index (χ3v) is 15.6. The Balaban J connectivity index is 1.15. The molecule has 13 aromatic rings. The zero-order valence-corrected chi connectivity index (χ0v) is 40.5. The molecular formula is C70H46BN3. The Morgan fingerprint density at radius 1 is 0.284 bits per heavy atom. The summed E-state index contributed by atoms with van der Waals surface area (Å²) in [7, 11) is 0. The Bertz CT molecular complexity index is 4070. The lowest BCUT2D eigenvalue weighted by Gasteiger charge is -2.46. The molecule has 0 saturated carbocycles. The molecule has 0 unspecified atom stereocenters. The summed E-state index contributed by atoms with van der Waals surface area (Å²) in [4.78, 5) is 7.78. The van der Waals surface area contributed by atoms with Crippen molar-refractivity contribution in [1.29, 1.82) is 0 Å². The van der Waals surface area contributed by atoms with Crippen LogP contribution >= 0.6 is 0 Å². The van der Waals surface area contributed by atoms with Gasteiger partial charge in [-0.3, -0.25) is 0 Å². The molecule has 0 atom stereocenters. The molecule has 0 fully saturated rings. The first-order chi connectivity index (χ1) is 36.8. The van der Waals surface area contributed by atoms with Crippen molar-refractivity contribution in [2.75, 3.05) is 14.7 Å². The molecule has 344 valence electrons. The van der Waals surface area contributed by atoms with Crippen molar-refractivity contribution in [2.24, 2.45) is 0 Å². The van der Waals surface area contributed by atoms with Crippen LogP contribution in [0.5, 0.6) is 0 Å². The molecule has 0 N–H and O–H groups in total. The molecule has 13 aromatic carbocycles. The summed E-state index contributed by atoms with van der Waals surface area (Å²) in [6.45, 7) is -0.104. The Labute approximate surface area is 431 Å². The van der Waals surface area contributed by atoms with Crippen LogP contribution in [0.1, 0.15) is 0 Å². The second-order valence-electron chi connectivity index (χ2n) is 19.5. The molecule has 0 radical (unpaired) electrons. The predicted octanol–water partition coefficient (Wildman–Crippen LogP) is 17.2. The van der Waals surface area contributed by atoms with Crippen molar-refractivity contribution in [3.05, 3.63) is 279 Å². The zero-order chi connectivity index (χ0) is 48.7. The fourth-order valence-corrected chi connectivity index (χ4v) is 12.4. The number of anilines is 9. The van der Waals surface area contributed by atoms with Crippen molar-refractivity contribution < 1.29 is 0 Å². The quantitative estimate of drug-likeness (QED) is 0.147. The average molecular weight is 940 g/mol. The van der Waals surface area contributed by atoms with Gasteiger partial charge in [-0.25, -0.2) is 0 Å². The minimum Gasteiger partial charge on any atom is -0.310 e. The molecule has 3 nitrogen and oxygen atoms in total. The number of rotatable bonds is 7. The summed E-state index contributed by atoms with van der Waals surface area (Å²) in [6.07, 6.45) is 0. The van der Waals surface area contributed by atoms with Gasteiger partial charge in [0, 0.05) is 55.4 Å². The van der Waals surface area contributed by atoms with Gasteiger partial charge in [0.15, 0.2) is 0 Å². The van der Waals surface area contributed by atoms with Gasteiger partial charge < -0.3 is 14.7 Å². The predicted molar refractivity (Wildman–Crippen MR) is 316 cm³/mol. The van der Waals surface area contributed by atoms with E-state index in [0.717, 1.165) is 62.1 Å². The fourth-order valence-electron chi connectivity index (χ4n) is 12.4. The molecular weight excluding hydrogens is 894 g/mol. The van der Waals surface area contributed by atoms with Crippen LogP contribution in [0.4, 0.5) is 51.2 Å². The molecule has 0 spiro atoms. The number of fused-ring (bicyclic) bond motifs is 10. The number of para-hydroxylation sites is 2. The third kappa shape index (κ3) is 6.48. The van der Waals surface area contributed by atoms with Gasteiger partial charge in [0.25, 0.3) is 6.71 Å². The van der Waals surface area contributed by atoms with E-state index in [9.17, 15) is 0 Å². The van der Waals surface area contributed by atoms with Crippen molar-refractivity contribution >= 4 is 117 Å². The maximum absolute atomic E-state index is 2.62. The molecule has 4 heteroatoms. The largest absolute Gasteiger partial charge is 0.310 e. The maximum atomic E-state index is 2.62. The van der Waals surface area contributed by atoms with Crippen LogP contribution in [0.2, 0.25) is 0 Å². The lowest BCUT2D eigenvalue weighted by molar-refractivity contribution is 1.24. The van der Waals surface area contributed by atoms with Gasteiger partial charge in [0.2, 0.25) is 0 Å². The number of benzene rings is 13. The van der Waals surface area contributed by atoms with Gasteiger partial charge in [0.05, 0.1) is 28.4 Å². The fraction of sp³-hybridized carbons (Fsp3) is 0. The molecule has 0 aromatic heterocycles. The second kappa shape index (κ2) is 17.0. The highest BCUT2D eigenvalue weighted by molar-refractivity contribution is 7.01. The highest BCUT2D eigenvalue weighted by Gasteiger charge is 2.45. The van der Waals surface area contributed by atoms with Gasteiger partial charge in [-0.15, -0.1) is 0 Å². The summed E-state index contributed by atoms with van der Waals surface area (Å²) in [5.74, 6) is 0. The normalized spacial score (nSPS) is 12.5. The van der Waals surface area contributed by atoms with Crippen LogP contribution in [0, 0.1) is 0 Å². The Hall–Kier alpha value is -9.64. The number of hydrogen-bond donors (Lipinski definition) is 0. The van der Waals surface area contributed by atoms with Crippen LogP contribution in [0.3, 0.4) is 0 Å². The molecule has 0 bridgehead atoms. The highest BCUT2D eigenvalue weighted by Crippen LogP contribution is 2.53. The van der Waals surface area contributed by atoms with E-state index >= 15 is 0 Å². The van der Waals surface area contributed by atoms with Crippen LogP contribution in [-0.2, 0) is 0 Å². The summed E-state index contributed by atoms with van der Waals surface area (Å²) in [6, 6.07) is 103. The summed E-state index contributed by atoms with van der Waals surface area (Å²) < 4.78 is 0.